The van der Waals surface area contributed by atoms with Gasteiger partial charge < -0.3 is 9.94 Å². The molecule has 30 heavy (non-hydrogen) atoms. The van der Waals surface area contributed by atoms with Gasteiger partial charge in [-0.15, -0.1) is 4.73 Å². The van der Waals surface area contributed by atoms with Crippen molar-refractivity contribution in [3.8, 4) is 11.8 Å². The third-order valence-corrected chi connectivity index (χ3v) is 5.47. The second-order valence-electron chi connectivity index (χ2n) is 7.38. The van der Waals surface area contributed by atoms with Crippen molar-refractivity contribution in [3.05, 3.63) is 102 Å². The van der Waals surface area contributed by atoms with Gasteiger partial charge in [0.2, 0.25) is 5.88 Å². The highest BCUT2D eigenvalue weighted by molar-refractivity contribution is 6.00. The molecule has 0 saturated heterocycles. The van der Waals surface area contributed by atoms with Gasteiger partial charge in [0.05, 0.1) is 10.9 Å². The fourth-order valence-corrected chi connectivity index (χ4v) is 3.96. The number of nitrogens with zero attached hydrogens (tertiary/aromatic N) is 2. The van der Waals surface area contributed by atoms with Crippen molar-refractivity contribution in [1.82, 2.24) is 4.98 Å². The van der Waals surface area contributed by atoms with Crippen molar-refractivity contribution in [1.29, 1.82) is 0 Å². The van der Waals surface area contributed by atoms with E-state index in [0.29, 0.717) is 5.88 Å². The maximum absolute atomic E-state index is 12.6. The largest absolute Gasteiger partial charge is 0.616 e. The highest BCUT2D eigenvalue weighted by Gasteiger charge is 2.16. The van der Waals surface area contributed by atoms with Gasteiger partial charge in [-0.05, 0) is 57.3 Å². The van der Waals surface area contributed by atoms with Crippen LogP contribution in [0.2, 0.25) is 0 Å². The van der Waals surface area contributed by atoms with Crippen LogP contribution in [0.5, 0.6) is 11.8 Å². The van der Waals surface area contributed by atoms with Gasteiger partial charge in [0.15, 0.2) is 6.20 Å². The van der Waals surface area contributed by atoms with E-state index in [1.807, 2.05) is 54.6 Å². The average molecular weight is 388 g/mol. The molecule has 0 N–H and O–H groups in total. The Morgan fingerprint density at radius 1 is 0.633 bits per heavy atom. The second-order valence-corrected chi connectivity index (χ2v) is 7.38. The van der Waals surface area contributed by atoms with E-state index < -0.39 is 0 Å². The van der Waals surface area contributed by atoms with Crippen LogP contribution >= 0.6 is 0 Å². The summed E-state index contributed by atoms with van der Waals surface area (Å²) in [5.74, 6) is 0.619. The van der Waals surface area contributed by atoms with E-state index >= 15 is 0 Å². The van der Waals surface area contributed by atoms with Crippen molar-refractivity contribution < 1.29 is 9.47 Å². The Bertz CT molecular complexity index is 1590. The first kappa shape index (κ1) is 16.7. The Kier molecular flexibility index (Phi) is 3.59. The third-order valence-electron chi connectivity index (χ3n) is 5.47. The molecule has 0 radical (unpaired) electrons. The highest BCUT2D eigenvalue weighted by atomic mass is 16.6. The first-order valence-electron chi connectivity index (χ1n) is 9.77. The molecule has 2 heterocycles. The maximum Gasteiger partial charge on any atom is 0.394 e. The minimum absolute atomic E-state index is 0.228. The van der Waals surface area contributed by atoms with Crippen molar-refractivity contribution >= 4 is 43.2 Å². The van der Waals surface area contributed by atoms with E-state index in [2.05, 4.69) is 35.3 Å². The lowest BCUT2D eigenvalue weighted by Crippen LogP contribution is -2.27. The molecule has 0 spiro atoms. The van der Waals surface area contributed by atoms with E-state index in [4.69, 9.17) is 4.74 Å². The van der Waals surface area contributed by atoms with Gasteiger partial charge in [0.25, 0.3) is 0 Å². The molecule has 0 bridgehead atoms. The average Bonchev–Trinajstić information content (AvgIpc) is 2.78. The van der Waals surface area contributed by atoms with E-state index in [-0.39, 0.29) is 5.88 Å². The molecule has 0 amide bonds. The Balaban J connectivity index is 1.50. The minimum Gasteiger partial charge on any atom is -0.616 e. The summed E-state index contributed by atoms with van der Waals surface area (Å²) >= 11 is 0. The molecule has 0 fully saturated rings. The summed E-state index contributed by atoms with van der Waals surface area (Å²) in [7, 11) is 0. The normalized spacial score (nSPS) is 11.5. The minimum atomic E-state index is 0.228. The van der Waals surface area contributed by atoms with Crippen molar-refractivity contribution in [2.75, 3.05) is 0 Å². The van der Waals surface area contributed by atoms with Gasteiger partial charge in [-0.1, -0.05) is 48.5 Å². The van der Waals surface area contributed by atoms with Crippen molar-refractivity contribution in [3.63, 3.8) is 0 Å². The predicted octanol–water partition coefficient (Wildman–Crippen LogP) is 6.12. The highest BCUT2D eigenvalue weighted by Crippen LogP contribution is 2.31. The molecule has 4 aromatic carbocycles. The molecule has 0 atom stereocenters. The molecule has 0 aliphatic heterocycles. The molecule has 0 unspecified atom stereocenters. The van der Waals surface area contributed by atoms with Gasteiger partial charge in [-0.3, -0.25) is 0 Å². The first-order valence-corrected chi connectivity index (χ1v) is 9.77. The van der Waals surface area contributed by atoms with E-state index in [9.17, 15) is 5.21 Å². The standard InChI is InChI=1S/C26H16N2O2/c29-28-12-11-21-13-17-5-1-3-7-19(17)15-23(21)26(28)30-25-10-9-22-14-18-6-2-4-8-20(18)16-24(22)27-25/h1-16H. The van der Waals surface area contributed by atoms with Crippen LogP contribution in [0.15, 0.2) is 97.2 Å². The van der Waals surface area contributed by atoms with Crippen LogP contribution in [0.4, 0.5) is 0 Å². The number of benzene rings is 4. The molecule has 6 rings (SSSR count). The predicted molar refractivity (Wildman–Crippen MR) is 120 cm³/mol. The molecular weight excluding hydrogens is 372 g/mol. The van der Waals surface area contributed by atoms with Crippen LogP contribution in [-0.4, -0.2) is 4.98 Å². The summed E-state index contributed by atoms with van der Waals surface area (Å²) in [6, 6.07) is 30.0. The molecular formula is C26H16N2O2. The smallest absolute Gasteiger partial charge is 0.394 e. The third kappa shape index (κ3) is 2.70. The molecule has 6 aromatic rings. The Morgan fingerprint density at radius 2 is 1.27 bits per heavy atom. The second kappa shape index (κ2) is 6.42. The molecule has 4 nitrogen and oxygen atoms in total. The Hall–Kier alpha value is -4.18. The van der Waals surface area contributed by atoms with Crippen LogP contribution in [0.25, 0.3) is 43.2 Å². The van der Waals surface area contributed by atoms with Gasteiger partial charge in [0, 0.05) is 17.5 Å². The van der Waals surface area contributed by atoms with Gasteiger partial charge >= 0.3 is 5.88 Å². The number of rotatable bonds is 2. The summed E-state index contributed by atoms with van der Waals surface area (Å²) in [5, 5.41) is 19.8. The van der Waals surface area contributed by atoms with E-state index in [0.717, 1.165) is 42.6 Å². The van der Waals surface area contributed by atoms with E-state index in [1.54, 1.807) is 6.07 Å². The summed E-state index contributed by atoms with van der Waals surface area (Å²) in [4.78, 5) is 4.66. The number of ether oxygens (including phenoxy) is 1. The molecule has 2 aromatic heterocycles. The lowest BCUT2D eigenvalue weighted by atomic mass is 10.1. The maximum atomic E-state index is 12.6. The molecule has 4 heteroatoms. The zero-order chi connectivity index (χ0) is 20.1. The lowest BCUT2D eigenvalue weighted by molar-refractivity contribution is -0.609. The zero-order valence-corrected chi connectivity index (χ0v) is 15.9. The fraction of sp³-hybridized carbons (Fsp3) is 0. The Morgan fingerprint density at radius 3 is 2.00 bits per heavy atom. The molecule has 142 valence electrons. The number of hydrogen-bond acceptors (Lipinski definition) is 3. The zero-order valence-electron chi connectivity index (χ0n) is 15.9. The number of aromatic nitrogens is 2. The van der Waals surface area contributed by atoms with Crippen LogP contribution in [0.3, 0.4) is 0 Å². The topological polar surface area (TPSA) is 49.1 Å². The quantitative estimate of drug-likeness (QED) is 0.204. The van der Waals surface area contributed by atoms with Crippen LogP contribution in [-0.2, 0) is 0 Å². The van der Waals surface area contributed by atoms with Gasteiger partial charge in [-0.25, -0.2) is 4.98 Å². The Labute approximate surface area is 172 Å². The van der Waals surface area contributed by atoms with Crippen LogP contribution < -0.4 is 9.47 Å². The monoisotopic (exact) mass is 388 g/mol. The number of pyridine rings is 2. The number of hydrogen-bond donors (Lipinski definition) is 0. The summed E-state index contributed by atoms with van der Waals surface area (Å²) < 4.78 is 6.78. The van der Waals surface area contributed by atoms with Gasteiger partial charge in [0.1, 0.15) is 0 Å². The van der Waals surface area contributed by atoms with Crippen molar-refractivity contribution in [2.45, 2.75) is 0 Å². The van der Waals surface area contributed by atoms with Crippen LogP contribution in [0.1, 0.15) is 0 Å². The first-order chi connectivity index (χ1) is 14.7. The van der Waals surface area contributed by atoms with Gasteiger partial charge in [-0.2, -0.15) is 0 Å². The van der Waals surface area contributed by atoms with E-state index in [1.165, 1.54) is 11.6 Å². The molecule has 0 aliphatic carbocycles. The fourth-order valence-electron chi connectivity index (χ4n) is 3.96. The van der Waals surface area contributed by atoms with Crippen LogP contribution in [0, 0.1) is 5.21 Å². The number of fused-ring (bicyclic) bond motifs is 4. The summed E-state index contributed by atoms with van der Waals surface area (Å²) in [6.45, 7) is 0. The SMILES string of the molecule is [O-][n+]1ccc2cc3ccccc3cc2c1Oc1ccc2cc3ccccc3cc2n1. The van der Waals surface area contributed by atoms with Crippen molar-refractivity contribution in [2.24, 2.45) is 0 Å². The summed E-state index contributed by atoms with van der Waals surface area (Å²) in [6.07, 6.45) is 1.47. The summed E-state index contributed by atoms with van der Waals surface area (Å²) in [5.41, 5.74) is 0.828. The molecule has 0 aliphatic rings. The lowest BCUT2D eigenvalue weighted by Gasteiger charge is -2.10. The molecule has 0 saturated carbocycles.